The zero-order valence-corrected chi connectivity index (χ0v) is 26.9. The van der Waals surface area contributed by atoms with E-state index in [-0.39, 0.29) is 18.2 Å². The van der Waals surface area contributed by atoms with Crippen molar-refractivity contribution >= 4 is 45.4 Å². The van der Waals surface area contributed by atoms with Crippen LogP contribution in [-0.4, -0.2) is 64.9 Å². The molecule has 0 radical (unpaired) electrons. The number of ether oxygens (including phenoxy) is 2. The fourth-order valence-electron chi connectivity index (χ4n) is 6.12. The van der Waals surface area contributed by atoms with Gasteiger partial charge >= 0.3 is 6.09 Å². The molecular formula is C35H43ClN4O4. The number of piperidine rings is 1. The van der Waals surface area contributed by atoms with Gasteiger partial charge in [0.1, 0.15) is 11.4 Å². The molecule has 0 saturated carbocycles. The Kier molecular flexibility index (Phi) is 10.1. The van der Waals surface area contributed by atoms with E-state index in [2.05, 4.69) is 40.2 Å². The highest BCUT2D eigenvalue weighted by molar-refractivity contribution is 6.35. The van der Waals surface area contributed by atoms with E-state index in [9.17, 15) is 9.59 Å². The van der Waals surface area contributed by atoms with Crippen molar-refractivity contribution < 1.29 is 19.1 Å². The lowest BCUT2D eigenvalue weighted by Gasteiger charge is -2.34. The first-order chi connectivity index (χ1) is 21.1. The molecule has 44 heavy (non-hydrogen) atoms. The van der Waals surface area contributed by atoms with Crippen molar-refractivity contribution in [1.82, 2.24) is 19.8 Å². The minimum atomic E-state index is -0.640. The van der Waals surface area contributed by atoms with Gasteiger partial charge in [0, 0.05) is 51.7 Å². The SMILES string of the molecule is COCCCn1c([C@@H]2CCCN(C(=O)C[C@@H](Cc3ccc4ccccc4c3)NC(=O)OC(C)(C)C)C2)nc2cccc(Cl)c21. The van der Waals surface area contributed by atoms with Gasteiger partial charge in [-0.1, -0.05) is 60.1 Å². The first-order valence-electron chi connectivity index (χ1n) is 15.5. The Morgan fingerprint density at radius 2 is 1.89 bits per heavy atom. The van der Waals surface area contributed by atoms with Crippen LogP contribution in [0.4, 0.5) is 4.79 Å². The van der Waals surface area contributed by atoms with Gasteiger partial charge < -0.3 is 24.3 Å². The number of aromatic nitrogens is 2. The van der Waals surface area contributed by atoms with E-state index in [4.69, 9.17) is 26.1 Å². The lowest BCUT2D eigenvalue weighted by atomic mass is 9.95. The number of aryl methyl sites for hydroxylation is 1. The zero-order valence-electron chi connectivity index (χ0n) is 26.1. The highest BCUT2D eigenvalue weighted by Gasteiger charge is 2.31. The summed E-state index contributed by atoms with van der Waals surface area (Å²) in [6.45, 7) is 8.12. The van der Waals surface area contributed by atoms with Gasteiger partial charge in [0.05, 0.1) is 16.1 Å². The van der Waals surface area contributed by atoms with Gasteiger partial charge in [-0.25, -0.2) is 9.78 Å². The van der Waals surface area contributed by atoms with Crippen LogP contribution in [0, 0.1) is 0 Å². The number of halogens is 1. The van der Waals surface area contributed by atoms with Crippen molar-refractivity contribution in [2.75, 3.05) is 26.8 Å². The first-order valence-corrected chi connectivity index (χ1v) is 15.9. The molecule has 5 rings (SSSR count). The standard InChI is InChI=1S/C35H43ClN4O4/c1-35(2,3)44-34(42)37-28(21-24-15-16-25-10-5-6-11-26(25)20-24)22-31(41)39-17-8-12-27(23-39)33-38-30-14-7-13-29(36)32(30)40(33)18-9-19-43-4/h5-7,10-11,13-16,20,27-28H,8-9,12,17-19,21-23H2,1-4H3,(H,37,42)/t27-,28-/m1/s1. The minimum Gasteiger partial charge on any atom is -0.444 e. The predicted molar refractivity (Wildman–Crippen MR) is 175 cm³/mol. The number of benzene rings is 3. The number of hydrogen-bond acceptors (Lipinski definition) is 5. The molecule has 2 heterocycles. The third-order valence-electron chi connectivity index (χ3n) is 8.05. The molecule has 4 aromatic rings. The third-order valence-corrected chi connectivity index (χ3v) is 8.36. The van der Waals surface area contributed by atoms with Crippen LogP contribution in [0.5, 0.6) is 0 Å². The number of alkyl carbamates (subject to hydrolysis) is 1. The lowest BCUT2D eigenvalue weighted by molar-refractivity contribution is -0.132. The average Bonchev–Trinajstić information content (AvgIpc) is 3.36. The average molecular weight is 619 g/mol. The Hall–Kier alpha value is -3.62. The van der Waals surface area contributed by atoms with Gasteiger partial charge in [0.2, 0.25) is 5.91 Å². The van der Waals surface area contributed by atoms with Crippen LogP contribution >= 0.6 is 11.6 Å². The van der Waals surface area contributed by atoms with E-state index in [1.807, 2.05) is 56.0 Å². The molecule has 3 aromatic carbocycles. The van der Waals surface area contributed by atoms with Gasteiger partial charge in [-0.15, -0.1) is 0 Å². The predicted octanol–water partition coefficient (Wildman–Crippen LogP) is 7.11. The molecule has 1 aliphatic rings. The Labute approximate surface area is 264 Å². The van der Waals surface area contributed by atoms with Crippen LogP contribution in [0.25, 0.3) is 21.8 Å². The second kappa shape index (κ2) is 14.0. The molecule has 1 aliphatic heterocycles. The van der Waals surface area contributed by atoms with Crippen LogP contribution in [0.3, 0.4) is 0 Å². The van der Waals surface area contributed by atoms with Crippen molar-refractivity contribution in [1.29, 1.82) is 0 Å². The molecule has 234 valence electrons. The maximum atomic E-state index is 13.8. The van der Waals surface area contributed by atoms with Crippen LogP contribution in [-0.2, 0) is 27.2 Å². The highest BCUT2D eigenvalue weighted by Crippen LogP contribution is 2.33. The number of nitrogens with one attached hydrogen (secondary N) is 1. The molecule has 9 heteroatoms. The maximum Gasteiger partial charge on any atom is 0.407 e. The monoisotopic (exact) mass is 618 g/mol. The van der Waals surface area contributed by atoms with Crippen LogP contribution in [0.2, 0.25) is 5.02 Å². The summed E-state index contributed by atoms with van der Waals surface area (Å²) in [6.07, 6.45) is 2.82. The van der Waals surface area contributed by atoms with Gasteiger partial charge in [-0.05, 0) is 74.9 Å². The number of para-hydroxylation sites is 1. The van der Waals surface area contributed by atoms with E-state index in [0.717, 1.165) is 59.0 Å². The fraction of sp³-hybridized carbons (Fsp3) is 0.457. The van der Waals surface area contributed by atoms with E-state index in [1.54, 1.807) is 7.11 Å². The van der Waals surface area contributed by atoms with Crippen LogP contribution in [0.15, 0.2) is 60.7 Å². The van der Waals surface area contributed by atoms with Crippen molar-refractivity contribution in [2.24, 2.45) is 0 Å². The molecule has 2 atom stereocenters. The Bertz CT molecular complexity index is 1610. The largest absolute Gasteiger partial charge is 0.444 e. The molecule has 1 N–H and O–H groups in total. The number of fused-ring (bicyclic) bond motifs is 2. The molecular weight excluding hydrogens is 576 g/mol. The van der Waals surface area contributed by atoms with E-state index < -0.39 is 17.7 Å². The number of hydrogen-bond donors (Lipinski definition) is 1. The fourth-order valence-corrected chi connectivity index (χ4v) is 6.39. The van der Waals surface area contributed by atoms with E-state index in [0.29, 0.717) is 31.1 Å². The number of carbonyl (C=O) groups is 2. The summed E-state index contributed by atoms with van der Waals surface area (Å²) in [5.74, 6) is 1.05. The summed E-state index contributed by atoms with van der Waals surface area (Å²) < 4.78 is 13.1. The number of nitrogens with zero attached hydrogens (tertiary/aromatic N) is 3. The summed E-state index contributed by atoms with van der Waals surface area (Å²) in [5.41, 5.74) is 2.21. The molecule has 2 amide bonds. The Balaban J connectivity index is 1.34. The molecule has 8 nitrogen and oxygen atoms in total. The number of likely N-dealkylation sites (tertiary alicyclic amines) is 1. The zero-order chi connectivity index (χ0) is 31.3. The van der Waals surface area contributed by atoms with Crippen molar-refractivity contribution in [2.45, 2.75) is 77.0 Å². The van der Waals surface area contributed by atoms with Crippen molar-refractivity contribution in [3.8, 4) is 0 Å². The van der Waals surface area contributed by atoms with Crippen LogP contribution < -0.4 is 5.32 Å². The summed E-state index contributed by atoms with van der Waals surface area (Å²) in [4.78, 5) is 33.6. The topological polar surface area (TPSA) is 85.7 Å². The molecule has 0 spiro atoms. The van der Waals surface area contributed by atoms with Gasteiger partial charge in [-0.2, -0.15) is 0 Å². The van der Waals surface area contributed by atoms with Gasteiger partial charge in [-0.3, -0.25) is 4.79 Å². The summed E-state index contributed by atoms with van der Waals surface area (Å²) >= 11 is 6.64. The molecule has 1 aromatic heterocycles. The number of carbonyl (C=O) groups excluding carboxylic acids is 2. The maximum absolute atomic E-state index is 13.8. The van der Waals surface area contributed by atoms with Crippen LogP contribution in [0.1, 0.15) is 63.8 Å². The summed E-state index contributed by atoms with van der Waals surface area (Å²) in [5, 5.41) is 5.94. The minimum absolute atomic E-state index is 0.0108. The smallest absolute Gasteiger partial charge is 0.407 e. The van der Waals surface area contributed by atoms with Crippen molar-refractivity contribution in [3.63, 3.8) is 0 Å². The van der Waals surface area contributed by atoms with E-state index in [1.165, 1.54) is 0 Å². The Morgan fingerprint density at radius 3 is 2.66 bits per heavy atom. The Morgan fingerprint density at radius 1 is 1.09 bits per heavy atom. The number of imidazole rings is 1. The number of rotatable bonds is 10. The molecule has 0 aliphatic carbocycles. The molecule has 0 unspecified atom stereocenters. The van der Waals surface area contributed by atoms with E-state index >= 15 is 0 Å². The molecule has 0 bridgehead atoms. The summed E-state index contributed by atoms with van der Waals surface area (Å²) in [7, 11) is 1.70. The number of amides is 2. The third kappa shape index (κ3) is 7.90. The highest BCUT2D eigenvalue weighted by atomic mass is 35.5. The molecule has 1 saturated heterocycles. The van der Waals surface area contributed by atoms with Gasteiger partial charge in [0.25, 0.3) is 0 Å². The quantitative estimate of drug-likeness (QED) is 0.191. The second-order valence-corrected chi connectivity index (χ2v) is 13.1. The molecule has 1 fully saturated rings. The summed E-state index contributed by atoms with van der Waals surface area (Å²) in [6, 6.07) is 19.8. The lowest BCUT2D eigenvalue weighted by Crippen LogP contribution is -2.46. The first kappa shape index (κ1) is 31.8. The van der Waals surface area contributed by atoms with Crippen molar-refractivity contribution in [3.05, 3.63) is 77.1 Å². The second-order valence-electron chi connectivity index (χ2n) is 12.7. The number of methoxy groups -OCH3 is 1. The normalized spacial score (nSPS) is 16.3. The van der Waals surface area contributed by atoms with Gasteiger partial charge in [0.15, 0.2) is 0 Å².